The first-order valence-electron chi connectivity index (χ1n) is 10.6. The number of aldehydes is 1. The summed E-state index contributed by atoms with van der Waals surface area (Å²) < 4.78 is 0. The van der Waals surface area contributed by atoms with E-state index in [2.05, 4.69) is 5.32 Å². The van der Waals surface area contributed by atoms with Gasteiger partial charge in [-0.25, -0.2) is 4.79 Å². The summed E-state index contributed by atoms with van der Waals surface area (Å²) in [7, 11) is 0. The number of likely N-dealkylation sites (tertiary alicyclic amines) is 1. The van der Waals surface area contributed by atoms with Crippen LogP contribution >= 0.6 is 0 Å². The number of amides is 1. The molecule has 2 rings (SSSR count). The molecule has 1 aliphatic heterocycles. The zero-order valence-electron chi connectivity index (χ0n) is 17.5. The van der Waals surface area contributed by atoms with Gasteiger partial charge in [0, 0.05) is 6.54 Å². The normalized spacial score (nSPS) is 20.2. The van der Waals surface area contributed by atoms with Crippen LogP contribution in [0.1, 0.15) is 44.1 Å². The third-order valence-electron chi connectivity index (χ3n) is 5.76. The maximum absolute atomic E-state index is 13.3. The standard InChI is InChI=1S/C22H31N3O6/c23-13-5-4-9-17(19(27)25-14-6-12-22(25,15-26)21(30)31)24-18(20(28)29)11-10-16-7-2-1-3-8-16/h1-3,7-8,15,17-18,24H,4-6,9-14,23H2,(H,28,29)(H,30,31)/t17-,18-,22-/m0/s1. The van der Waals surface area contributed by atoms with Crippen LogP contribution in [0, 0.1) is 0 Å². The van der Waals surface area contributed by atoms with Crippen molar-refractivity contribution in [2.45, 2.75) is 62.6 Å². The number of carbonyl (C=O) groups excluding carboxylic acids is 2. The minimum absolute atomic E-state index is 0.0451. The molecule has 0 aromatic heterocycles. The third kappa shape index (κ3) is 6.11. The summed E-state index contributed by atoms with van der Waals surface area (Å²) in [6, 6.07) is 7.51. The Kier molecular flexibility index (Phi) is 9.14. The predicted octanol–water partition coefficient (Wildman–Crippen LogP) is 0.804. The molecule has 1 heterocycles. The second-order valence-electron chi connectivity index (χ2n) is 7.86. The van der Waals surface area contributed by atoms with Crippen LogP contribution in [0.4, 0.5) is 0 Å². The van der Waals surface area contributed by atoms with Gasteiger partial charge in [-0.15, -0.1) is 0 Å². The van der Waals surface area contributed by atoms with E-state index in [0.717, 1.165) is 10.5 Å². The molecule has 3 atom stereocenters. The van der Waals surface area contributed by atoms with Gasteiger partial charge in [-0.05, 0) is 50.6 Å². The molecule has 1 aliphatic rings. The zero-order chi connectivity index (χ0) is 22.9. The van der Waals surface area contributed by atoms with E-state index in [1.165, 1.54) is 0 Å². The van der Waals surface area contributed by atoms with Crippen LogP contribution in [0.25, 0.3) is 0 Å². The Balaban J connectivity index is 2.18. The van der Waals surface area contributed by atoms with Gasteiger partial charge in [0.25, 0.3) is 0 Å². The number of nitrogens with one attached hydrogen (secondary N) is 1. The summed E-state index contributed by atoms with van der Waals surface area (Å²) in [6.45, 7) is 0.565. The molecule has 0 radical (unpaired) electrons. The van der Waals surface area contributed by atoms with E-state index >= 15 is 0 Å². The summed E-state index contributed by atoms with van der Waals surface area (Å²) in [5, 5.41) is 22.2. The van der Waals surface area contributed by atoms with E-state index < -0.39 is 35.5 Å². The molecule has 9 nitrogen and oxygen atoms in total. The number of carboxylic acid groups (broad SMARTS) is 2. The summed E-state index contributed by atoms with van der Waals surface area (Å²) in [5.74, 6) is -3.02. The second-order valence-corrected chi connectivity index (χ2v) is 7.86. The van der Waals surface area contributed by atoms with Crippen molar-refractivity contribution in [3.05, 3.63) is 35.9 Å². The van der Waals surface area contributed by atoms with Gasteiger partial charge in [-0.2, -0.15) is 0 Å². The summed E-state index contributed by atoms with van der Waals surface area (Å²) in [5.41, 5.74) is 4.63. The van der Waals surface area contributed by atoms with Crippen molar-refractivity contribution in [1.29, 1.82) is 0 Å². The average molecular weight is 434 g/mol. The molecule has 1 aromatic carbocycles. The molecule has 0 unspecified atom stereocenters. The van der Waals surface area contributed by atoms with Crippen LogP contribution in [0.15, 0.2) is 30.3 Å². The van der Waals surface area contributed by atoms with E-state index in [1.54, 1.807) is 0 Å². The number of nitrogens with zero attached hydrogens (tertiary/aromatic N) is 1. The Labute approximate surface area is 181 Å². The number of nitrogens with two attached hydrogens (primary N) is 1. The lowest BCUT2D eigenvalue weighted by atomic mass is 9.96. The van der Waals surface area contributed by atoms with Crippen LogP contribution < -0.4 is 11.1 Å². The summed E-state index contributed by atoms with van der Waals surface area (Å²) in [4.78, 5) is 49.7. The van der Waals surface area contributed by atoms with Crippen molar-refractivity contribution in [3.8, 4) is 0 Å². The molecule has 1 saturated heterocycles. The second kappa shape index (κ2) is 11.6. The molecule has 1 aromatic rings. The fourth-order valence-electron chi connectivity index (χ4n) is 3.98. The number of carbonyl (C=O) groups is 4. The molecule has 1 amide bonds. The highest BCUT2D eigenvalue weighted by Gasteiger charge is 2.51. The molecule has 0 saturated carbocycles. The maximum atomic E-state index is 13.3. The van der Waals surface area contributed by atoms with Crippen LogP contribution in [0.2, 0.25) is 0 Å². The monoisotopic (exact) mass is 433 g/mol. The Morgan fingerprint density at radius 2 is 1.84 bits per heavy atom. The molecular formula is C22H31N3O6. The molecule has 0 aliphatic carbocycles. The first-order valence-corrected chi connectivity index (χ1v) is 10.6. The van der Waals surface area contributed by atoms with Crippen molar-refractivity contribution < 1.29 is 29.4 Å². The van der Waals surface area contributed by atoms with E-state index in [9.17, 15) is 29.4 Å². The number of hydrogen-bond donors (Lipinski definition) is 4. The van der Waals surface area contributed by atoms with Gasteiger partial charge in [0.05, 0.1) is 6.04 Å². The quantitative estimate of drug-likeness (QED) is 0.203. The number of unbranched alkanes of at least 4 members (excludes halogenated alkanes) is 1. The molecular weight excluding hydrogens is 402 g/mol. The van der Waals surface area contributed by atoms with Crippen molar-refractivity contribution in [1.82, 2.24) is 10.2 Å². The number of hydrogen-bond acceptors (Lipinski definition) is 6. The zero-order valence-corrected chi connectivity index (χ0v) is 17.5. The number of benzene rings is 1. The third-order valence-corrected chi connectivity index (χ3v) is 5.76. The Bertz CT molecular complexity index is 772. The van der Waals surface area contributed by atoms with Gasteiger partial charge in [0.2, 0.25) is 5.91 Å². The molecule has 1 fully saturated rings. The van der Waals surface area contributed by atoms with Gasteiger partial charge in [0.1, 0.15) is 6.04 Å². The van der Waals surface area contributed by atoms with Gasteiger partial charge >= 0.3 is 11.9 Å². The van der Waals surface area contributed by atoms with Crippen LogP contribution in [0.5, 0.6) is 0 Å². The van der Waals surface area contributed by atoms with Crippen molar-refractivity contribution in [3.63, 3.8) is 0 Å². The van der Waals surface area contributed by atoms with Crippen molar-refractivity contribution >= 4 is 24.1 Å². The van der Waals surface area contributed by atoms with E-state index in [4.69, 9.17) is 5.73 Å². The lowest BCUT2D eigenvalue weighted by molar-refractivity contribution is -0.159. The first kappa shape index (κ1) is 24.5. The highest BCUT2D eigenvalue weighted by atomic mass is 16.4. The average Bonchev–Trinajstić information content (AvgIpc) is 3.21. The Hall–Kier alpha value is -2.78. The molecule has 5 N–H and O–H groups in total. The van der Waals surface area contributed by atoms with Gasteiger partial charge in [0.15, 0.2) is 11.8 Å². The van der Waals surface area contributed by atoms with Crippen LogP contribution in [-0.2, 0) is 25.6 Å². The summed E-state index contributed by atoms with van der Waals surface area (Å²) >= 11 is 0. The minimum atomic E-state index is -1.90. The Morgan fingerprint density at radius 3 is 2.42 bits per heavy atom. The lowest BCUT2D eigenvalue weighted by Crippen LogP contribution is -2.60. The predicted molar refractivity (Wildman–Crippen MR) is 113 cm³/mol. The van der Waals surface area contributed by atoms with Gasteiger partial charge < -0.3 is 25.6 Å². The number of aryl methyl sites for hydroxylation is 1. The SMILES string of the molecule is NCCCC[C@H](N[C@@H](CCc1ccccc1)C(=O)O)C(=O)N1CCC[C@]1(C=O)C(=O)O. The van der Waals surface area contributed by atoms with Gasteiger partial charge in [-0.1, -0.05) is 36.8 Å². The molecule has 170 valence electrons. The van der Waals surface area contributed by atoms with Gasteiger partial charge in [-0.3, -0.25) is 14.9 Å². The van der Waals surface area contributed by atoms with Crippen molar-refractivity contribution in [2.75, 3.05) is 13.1 Å². The number of rotatable bonds is 13. The number of carboxylic acids is 2. The minimum Gasteiger partial charge on any atom is -0.480 e. The molecule has 0 spiro atoms. The van der Waals surface area contributed by atoms with E-state index in [1.807, 2.05) is 30.3 Å². The largest absolute Gasteiger partial charge is 0.480 e. The lowest BCUT2D eigenvalue weighted by Gasteiger charge is -2.34. The molecule has 0 bridgehead atoms. The maximum Gasteiger partial charge on any atom is 0.337 e. The first-order chi connectivity index (χ1) is 14.9. The van der Waals surface area contributed by atoms with Crippen molar-refractivity contribution in [2.24, 2.45) is 5.73 Å². The fourth-order valence-corrected chi connectivity index (χ4v) is 3.98. The smallest absolute Gasteiger partial charge is 0.337 e. The van der Waals surface area contributed by atoms with Crippen LogP contribution in [0.3, 0.4) is 0 Å². The topological polar surface area (TPSA) is 150 Å². The molecule has 9 heteroatoms. The highest BCUT2D eigenvalue weighted by Crippen LogP contribution is 2.29. The highest BCUT2D eigenvalue weighted by molar-refractivity contribution is 6.02. The van der Waals surface area contributed by atoms with Crippen LogP contribution in [-0.4, -0.2) is 70.0 Å². The van der Waals surface area contributed by atoms with E-state index in [0.29, 0.717) is 44.9 Å². The van der Waals surface area contributed by atoms with E-state index in [-0.39, 0.29) is 19.4 Å². The Morgan fingerprint density at radius 1 is 1.13 bits per heavy atom. The summed E-state index contributed by atoms with van der Waals surface area (Å²) in [6.07, 6.45) is 3.03. The fraction of sp³-hybridized carbons (Fsp3) is 0.545. The number of aliphatic carboxylic acids is 2. The molecule has 31 heavy (non-hydrogen) atoms.